The molecular weight excluding hydrogens is 282 g/mol. The van der Waals surface area contributed by atoms with Crippen molar-refractivity contribution in [3.05, 3.63) is 54.0 Å². The largest absolute Gasteiger partial charge is 0.497 e. The zero-order valence-corrected chi connectivity index (χ0v) is 12.7. The number of aromatic nitrogens is 1. The monoisotopic (exact) mass is 297 g/mol. The van der Waals surface area contributed by atoms with Crippen LogP contribution in [0.5, 0.6) is 11.5 Å². The SMILES string of the molecule is COc1ccc(-c2ncsc2-c2ccc(OC)cc2)cc1. The van der Waals surface area contributed by atoms with E-state index in [1.54, 1.807) is 25.6 Å². The number of ether oxygens (including phenoxy) is 2. The van der Waals surface area contributed by atoms with E-state index in [-0.39, 0.29) is 0 Å². The van der Waals surface area contributed by atoms with E-state index in [0.717, 1.165) is 33.2 Å². The first kappa shape index (κ1) is 13.6. The predicted molar refractivity (Wildman–Crippen MR) is 86.1 cm³/mol. The highest BCUT2D eigenvalue weighted by atomic mass is 32.1. The Bertz CT molecular complexity index is 655. The molecule has 21 heavy (non-hydrogen) atoms. The van der Waals surface area contributed by atoms with Gasteiger partial charge in [-0.2, -0.15) is 0 Å². The molecule has 0 aliphatic heterocycles. The van der Waals surface area contributed by atoms with Crippen molar-refractivity contribution in [1.29, 1.82) is 0 Å². The van der Waals surface area contributed by atoms with Gasteiger partial charge in [-0.05, 0) is 54.1 Å². The van der Waals surface area contributed by atoms with E-state index in [9.17, 15) is 0 Å². The van der Waals surface area contributed by atoms with Crippen LogP contribution in [0.2, 0.25) is 0 Å². The van der Waals surface area contributed by atoms with Crippen molar-refractivity contribution >= 4 is 11.3 Å². The van der Waals surface area contributed by atoms with Gasteiger partial charge in [0.15, 0.2) is 0 Å². The molecule has 0 unspecified atom stereocenters. The summed E-state index contributed by atoms with van der Waals surface area (Å²) in [7, 11) is 3.34. The van der Waals surface area contributed by atoms with E-state index >= 15 is 0 Å². The predicted octanol–water partition coefficient (Wildman–Crippen LogP) is 4.49. The highest BCUT2D eigenvalue weighted by Crippen LogP contribution is 2.35. The fourth-order valence-corrected chi connectivity index (χ4v) is 2.97. The van der Waals surface area contributed by atoms with Gasteiger partial charge in [0, 0.05) is 5.56 Å². The number of methoxy groups -OCH3 is 2. The minimum absolute atomic E-state index is 0.847. The number of rotatable bonds is 4. The Morgan fingerprint density at radius 1 is 0.762 bits per heavy atom. The lowest BCUT2D eigenvalue weighted by Gasteiger charge is -2.05. The fraction of sp³-hybridized carbons (Fsp3) is 0.118. The molecule has 3 rings (SSSR count). The smallest absolute Gasteiger partial charge is 0.118 e. The Morgan fingerprint density at radius 3 is 1.81 bits per heavy atom. The molecule has 0 spiro atoms. The van der Waals surface area contributed by atoms with Crippen molar-refractivity contribution in [2.75, 3.05) is 14.2 Å². The number of hydrogen-bond donors (Lipinski definition) is 0. The summed E-state index contributed by atoms with van der Waals surface area (Å²) in [5.74, 6) is 1.70. The van der Waals surface area contributed by atoms with Gasteiger partial charge in [-0.1, -0.05) is 0 Å². The van der Waals surface area contributed by atoms with Crippen molar-refractivity contribution in [2.45, 2.75) is 0 Å². The first-order chi connectivity index (χ1) is 10.3. The molecule has 1 heterocycles. The molecule has 0 aliphatic rings. The molecule has 0 radical (unpaired) electrons. The van der Waals surface area contributed by atoms with E-state index in [4.69, 9.17) is 9.47 Å². The van der Waals surface area contributed by atoms with Crippen LogP contribution in [0.1, 0.15) is 0 Å². The maximum atomic E-state index is 5.20. The van der Waals surface area contributed by atoms with Gasteiger partial charge in [0.05, 0.1) is 30.3 Å². The van der Waals surface area contributed by atoms with E-state index in [1.165, 1.54) is 0 Å². The fourth-order valence-electron chi connectivity index (χ4n) is 2.15. The quantitative estimate of drug-likeness (QED) is 0.711. The highest BCUT2D eigenvalue weighted by Gasteiger charge is 2.11. The van der Waals surface area contributed by atoms with Crippen molar-refractivity contribution in [2.24, 2.45) is 0 Å². The molecule has 0 N–H and O–H groups in total. The van der Waals surface area contributed by atoms with E-state index in [0.29, 0.717) is 0 Å². The molecule has 3 nitrogen and oxygen atoms in total. The van der Waals surface area contributed by atoms with Crippen LogP contribution in [0.3, 0.4) is 0 Å². The van der Waals surface area contributed by atoms with Gasteiger partial charge in [-0.3, -0.25) is 0 Å². The zero-order chi connectivity index (χ0) is 14.7. The summed E-state index contributed by atoms with van der Waals surface area (Å²) >= 11 is 1.64. The van der Waals surface area contributed by atoms with Crippen LogP contribution in [-0.2, 0) is 0 Å². The van der Waals surface area contributed by atoms with Gasteiger partial charge in [-0.25, -0.2) is 4.98 Å². The lowest BCUT2D eigenvalue weighted by Crippen LogP contribution is -1.85. The van der Waals surface area contributed by atoms with Crippen LogP contribution in [0.15, 0.2) is 54.0 Å². The molecule has 3 aromatic rings. The van der Waals surface area contributed by atoms with E-state index in [2.05, 4.69) is 17.1 Å². The summed E-state index contributed by atoms with van der Waals surface area (Å²) in [5.41, 5.74) is 5.10. The van der Waals surface area contributed by atoms with Crippen molar-refractivity contribution in [3.63, 3.8) is 0 Å². The summed E-state index contributed by atoms with van der Waals surface area (Å²) in [6.45, 7) is 0. The maximum Gasteiger partial charge on any atom is 0.118 e. The Labute approximate surface area is 127 Å². The normalized spacial score (nSPS) is 10.4. The molecule has 4 heteroatoms. The van der Waals surface area contributed by atoms with Crippen molar-refractivity contribution in [3.8, 4) is 33.2 Å². The third-order valence-electron chi connectivity index (χ3n) is 3.28. The van der Waals surface area contributed by atoms with E-state index in [1.807, 2.05) is 41.9 Å². The zero-order valence-electron chi connectivity index (χ0n) is 11.9. The Kier molecular flexibility index (Phi) is 3.88. The van der Waals surface area contributed by atoms with Crippen LogP contribution in [0.25, 0.3) is 21.7 Å². The molecule has 0 amide bonds. The average molecular weight is 297 g/mol. The lowest BCUT2D eigenvalue weighted by molar-refractivity contribution is 0.414. The van der Waals surface area contributed by atoms with Gasteiger partial charge in [0.1, 0.15) is 11.5 Å². The topological polar surface area (TPSA) is 31.4 Å². The summed E-state index contributed by atoms with van der Waals surface area (Å²) < 4.78 is 10.4. The first-order valence-corrected chi connectivity index (χ1v) is 7.42. The molecule has 106 valence electrons. The van der Waals surface area contributed by atoms with Gasteiger partial charge in [0.2, 0.25) is 0 Å². The standard InChI is InChI=1S/C17H15NO2S/c1-19-14-7-3-12(4-8-14)16-17(21-11-18-16)13-5-9-15(20-2)10-6-13/h3-11H,1-2H3. The summed E-state index contributed by atoms with van der Waals surface area (Å²) in [6, 6.07) is 16.0. The van der Waals surface area contributed by atoms with Crippen molar-refractivity contribution < 1.29 is 9.47 Å². The lowest BCUT2D eigenvalue weighted by atomic mass is 10.1. The molecule has 0 atom stereocenters. The third kappa shape index (κ3) is 2.76. The molecule has 1 aromatic heterocycles. The summed E-state index contributed by atoms with van der Waals surface area (Å²) in [6.07, 6.45) is 0. The molecular formula is C17H15NO2S. The second kappa shape index (κ2) is 5.97. The minimum Gasteiger partial charge on any atom is -0.497 e. The van der Waals surface area contributed by atoms with Crippen LogP contribution in [-0.4, -0.2) is 19.2 Å². The Morgan fingerprint density at radius 2 is 1.29 bits per heavy atom. The second-order valence-corrected chi connectivity index (χ2v) is 5.34. The van der Waals surface area contributed by atoms with Gasteiger partial charge in [-0.15, -0.1) is 11.3 Å². The van der Waals surface area contributed by atoms with Crippen LogP contribution in [0, 0.1) is 0 Å². The number of hydrogen-bond acceptors (Lipinski definition) is 4. The minimum atomic E-state index is 0.847. The molecule has 2 aromatic carbocycles. The maximum absolute atomic E-state index is 5.20. The molecule has 0 saturated carbocycles. The van der Waals surface area contributed by atoms with Crippen molar-refractivity contribution in [1.82, 2.24) is 4.98 Å². The Hall–Kier alpha value is -2.33. The molecule has 0 aliphatic carbocycles. The van der Waals surface area contributed by atoms with Gasteiger partial charge in [0.25, 0.3) is 0 Å². The molecule has 0 saturated heterocycles. The number of thiazole rings is 1. The summed E-state index contributed by atoms with van der Waals surface area (Å²) in [5, 5.41) is 0. The third-order valence-corrected chi connectivity index (χ3v) is 4.16. The summed E-state index contributed by atoms with van der Waals surface area (Å²) in [4.78, 5) is 5.66. The van der Waals surface area contributed by atoms with E-state index < -0.39 is 0 Å². The highest BCUT2D eigenvalue weighted by molar-refractivity contribution is 7.13. The van der Waals surface area contributed by atoms with Gasteiger partial charge < -0.3 is 9.47 Å². The second-order valence-electron chi connectivity index (χ2n) is 4.49. The van der Waals surface area contributed by atoms with Crippen LogP contribution >= 0.6 is 11.3 Å². The molecule has 0 bridgehead atoms. The van der Waals surface area contributed by atoms with Crippen LogP contribution < -0.4 is 9.47 Å². The van der Waals surface area contributed by atoms with Crippen LogP contribution in [0.4, 0.5) is 0 Å². The Balaban J connectivity index is 1.99. The van der Waals surface area contributed by atoms with Gasteiger partial charge >= 0.3 is 0 Å². The first-order valence-electron chi connectivity index (χ1n) is 6.54. The average Bonchev–Trinajstić information content (AvgIpc) is 3.04. The number of benzene rings is 2. The number of nitrogens with zero attached hydrogens (tertiary/aromatic N) is 1. The molecule has 0 fully saturated rings.